The van der Waals surface area contributed by atoms with Crippen LogP contribution in [0.5, 0.6) is 11.5 Å². The molecule has 13 rings (SSSR count). The Labute approximate surface area is 358 Å². The fourth-order valence-electron chi connectivity index (χ4n) is 9.78. The van der Waals surface area contributed by atoms with Gasteiger partial charge < -0.3 is 19.1 Å². The molecule has 0 N–H and O–H groups in total. The SMILES string of the molecule is CC(C)c1ccccc1N1[CH-]N(c2[c-]c(Oc3[c-]c4c(cc3)c3ccccc3n4-c3cc4c(cn3)C3c5ccccc5C4c4ccccc43)ccc2)c2ccccc21.[Pt]. The molecule has 0 spiro atoms. The van der Waals surface area contributed by atoms with Gasteiger partial charge in [-0.3, -0.25) is 0 Å². The summed E-state index contributed by atoms with van der Waals surface area (Å²) in [7, 11) is 0. The third kappa shape index (κ3) is 5.45. The van der Waals surface area contributed by atoms with Gasteiger partial charge in [0.1, 0.15) is 5.82 Å². The predicted octanol–water partition coefficient (Wildman–Crippen LogP) is 13.1. The minimum absolute atomic E-state index is 0. The molecule has 4 aliphatic rings. The van der Waals surface area contributed by atoms with E-state index in [9.17, 15) is 0 Å². The number of rotatable bonds is 6. The van der Waals surface area contributed by atoms with Crippen molar-refractivity contribution in [3.05, 3.63) is 222 Å². The molecule has 6 heteroatoms. The maximum atomic E-state index is 6.63. The van der Waals surface area contributed by atoms with Gasteiger partial charge in [0.05, 0.1) is 0 Å². The smallest absolute Gasteiger partial charge is 0.135 e. The van der Waals surface area contributed by atoms with E-state index in [-0.39, 0.29) is 32.9 Å². The number of benzene rings is 7. The number of para-hydroxylation sites is 4. The Hall–Kier alpha value is -6.42. The van der Waals surface area contributed by atoms with E-state index in [0.29, 0.717) is 17.4 Å². The first-order chi connectivity index (χ1) is 28.6. The van der Waals surface area contributed by atoms with Crippen molar-refractivity contribution in [2.45, 2.75) is 31.6 Å². The van der Waals surface area contributed by atoms with Gasteiger partial charge in [0, 0.05) is 73.2 Å². The number of ether oxygens (including phenoxy) is 1. The minimum Gasteiger partial charge on any atom is -0.509 e. The summed E-state index contributed by atoms with van der Waals surface area (Å²) < 4.78 is 8.88. The molecule has 9 aromatic rings. The quantitative estimate of drug-likeness (QED) is 0.156. The first-order valence-electron chi connectivity index (χ1n) is 20.1. The van der Waals surface area contributed by atoms with Gasteiger partial charge in [0.15, 0.2) is 0 Å². The number of hydrogen-bond acceptors (Lipinski definition) is 4. The number of anilines is 4. The summed E-state index contributed by atoms with van der Waals surface area (Å²) in [6.45, 7) is 6.64. The van der Waals surface area contributed by atoms with Gasteiger partial charge in [-0.2, -0.15) is 12.1 Å². The largest absolute Gasteiger partial charge is 0.509 e. The molecule has 0 unspecified atom stereocenters. The van der Waals surface area contributed by atoms with E-state index in [4.69, 9.17) is 9.72 Å². The summed E-state index contributed by atoms with van der Waals surface area (Å²) in [5.74, 6) is 2.82. The molecule has 7 aromatic carbocycles. The Morgan fingerprint density at radius 1 is 0.559 bits per heavy atom. The van der Waals surface area contributed by atoms with Gasteiger partial charge in [-0.15, -0.1) is 48.1 Å². The number of fused-ring (bicyclic) bond motifs is 4. The summed E-state index contributed by atoms with van der Waals surface area (Å²) in [6, 6.07) is 63.3. The summed E-state index contributed by atoms with van der Waals surface area (Å²) in [5.41, 5.74) is 15.8. The van der Waals surface area contributed by atoms with E-state index >= 15 is 0 Å². The zero-order chi connectivity index (χ0) is 38.5. The van der Waals surface area contributed by atoms with Crippen molar-refractivity contribution in [1.29, 1.82) is 0 Å². The molecule has 0 atom stereocenters. The number of nitrogens with zero attached hydrogens (tertiary/aromatic N) is 4. The molecule has 1 aliphatic heterocycles. The molecule has 3 heterocycles. The number of aromatic nitrogens is 2. The second-order valence-corrected chi connectivity index (χ2v) is 15.8. The average Bonchev–Trinajstić information content (AvgIpc) is 3.82. The van der Waals surface area contributed by atoms with Crippen LogP contribution in [0, 0.1) is 18.8 Å². The van der Waals surface area contributed by atoms with Crippen molar-refractivity contribution in [2.24, 2.45) is 0 Å². The van der Waals surface area contributed by atoms with Gasteiger partial charge in [-0.25, -0.2) is 4.98 Å². The Morgan fingerprint density at radius 3 is 1.90 bits per heavy atom. The van der Waals surface area contributed by atoms with Gasteiger partial charge in [0.25, 0.3) is 0 Å². The zero-order valence-corrected chi connectivity index (χ0v) is 34.7. The maximum absolute atomic E-state index is 6.63. The zero-order valence-electron chi connectivity index (χ0n) is 32.4. The number of pyridine rings is 1. The summed E-state index contributed by atoms with van der Waals surface area (Å²) in [6.07, 6.45) is 2.12. The normalized spacial score (nSPS) is 15.8. The third-order valence-corrected chi connectivity index (χ3v) is 12.3. The van der Waals surface area contributed by atoms with Crippen LogP contribution in [0.2, 0.25) is 0 Å². The van der Waals surface area contributed by atoms with Crippen LogP contribution >= 0.6 is 0 Å². The van der Waals surface area contributed by atoms with Gasteiger partial charge in [-0.1, -0.05) is 116 Å². The van der Waals surface area contributed by atoms with Crippen molar-refractivity contribution >= 4 is 44.6 Å². The van der Waals surface area contributed by atoms with E-state index in [1.54, 1.807) is 0 Å². The molecule has 2 aromatic heterocycles. The monoisotopic (exact) mass is 940 g/mol. The summed E-state index contributed by atoms with van der Waals surface area (Å²) in [4.78, 5) is 9.68. The van der Waals surface area contributed by atoms with Crippen molar-refractivity contribution in [1.82, 2.24) is 9.55 Å². The Bertz CT molecular complexity index is 3070. The topological polar surface area (TPSA) is 33.5 Å². The fourth-order valence-corrected chi connectivity index (χ4v) is 9.78. The maximum Gasteiger partial charge on any atom is 0.135 e. The number of hydrogen-bond donors (Lipinski definition) is 0. The molecule has 0 saturated carbocycles. The van der Waals surface area contributed by atoms with Gasteiger partial charge >= 0.3 is 0 Å². The Morgan fingerprint density at radius 2 is 1.17 bits per heavy atom. The van der Waals surface area contributed by atoms with E-state index in [1.807, 2.05) is 18.2 Å². The molecule has 0 radical (unpaired) electrons. The van der Waals surface area contributed by atoms with Crippen LogP contribution in [0.25, 0.3) is 27.6 Å². The van der Waals surface area contributed by atoms with Crippen molar-refractivity contribution in [3.8, 4) is 17.3 Å². The molecule has 0 amide bonds. The van der Waals surface area contributed by atoms with Crippen molar-refractivity contribution in [3.63, 3.8) is 0 Å². The molecule has 59 heavy (non-hydrogen) atoms. The van der Waals surface area contributed by atoms with Crippen LogP contribution in [0.3, 0.4) is 0 Å². The molecule has 5 nitrogen and oxygen atoms in total. The summed E-state index contributed by atoms with van der Waals surface area (Å²) >= 11 is 0. The van der Waals surface area contributed by atoms with Crippen molar-refractivity contribution in [2.75, 3.05) is 9.80 Å². The van der Waals surface area contributed by atoms with Crippen LogP contribution in [0.4, 0.5) is 22.7 Å². The minimum atomic E-state index is 0. The second-order valence-electron chi connectivity index (χ2n) is 15.8. The molecular formula is C53H37N4OPt-3. The van der Waals surface area contributed by atoms with E-state index in [2.05, 4.69) is 193 Å². The first-order valence-corrected chi connectivity index (χ1v) is 20.1. The first kappa shape index (κ1) is 35.7. The van der Waals surface area contributed by atoms with Gasteiger partial charge in [-0.05, 0) is 80.6 Å². The standard InChI is InChI=1S/C53H37N4O.Pt/c1-33(2)37-16-7-9-22-46(37)56-32-55(48-24-11-12-25-49(48)56)34-14-13-15-35(28-34)58-36-26-27-39-38-17-8-10-23-47(38)57(50(39)29-36)51-30-44-45(31-54-51)53-42-20-5-3-18-40(42)52(44)41-19-4-6-21-43(41)53;/h3-27,30-33,52-53H,1-2H3;/q-3;. The molecule has 3 aliphatic carbocycles. The van der Waals surface area contributed by atoms with Crippen LogP contribution in [-0.2, 0) is 21.1 Å². The van der Waals surface area contributed by atoms with Gasteiger partial charge in [0.2, 0.25) is 0 Å². The summed E-state index contributed by atoms with van der Waals surface area (Å²) in [5, 5.41) is 2.25. The van der Waals surface area contributed by atoms with E-state index in [1.165, 1.54) is 44.6 Å². The van der Waals surface area contributed by atoms with Crippen LogP contribution in [0.15, 0.2) is 164 Å². The molecule has 288 valence electrons. The van der Waals surface area contributed by atoms with E-state index < -0.39 is 0 Å². The Balaban J connectivity index is 0.00000397. The predicted molar refractivity (Wildman–Crippen MR) is 233 cm³/mol. The third-order valence-electron chi connectivity index (χ3n) is 12.3. The van der Waals surface area contributed by atoms with Crippen LogP contribution in [0.1, 0.15) is 70.5 Å². The average molecular weight is 941 g/mol. The molecular weight excluding hydrogens is 904 g/mol. The molecule has 2 bridgehead atoms. The molecule has 0 saturated heterocycles. The van der Waals surface area contributed by atoms with Crippen LogP contribution in [-0.4, -0.2) is 9.55 Å². The fraction of sp³-hybridized carbons (Fsp3) is 0.0943. The second kappa shape index (κ2) is 13.9. The van der Waals surface area contributed by atoms with Crippen molar-refractivity contribution < 1.29 is 25.8 Å². The van der Waals surface area contributed by atoms with Crippen LogP contribution < -0.4 is 14.5 Å². The van der Waals surface area contributed by atoms with E-state index in [0.717, 1.165) is 44.7 Å². The Kier molecular flexibility index (Phi) is 8.39. The molecule has 0 fully saturated rings.